The first kappa shape index (κ1) is 24.9. The number of carbonyl (C=O) groups excluding carboxylic acids is 3. The van der Waals surface area contributed by atoms with E-state index in [1.54, 1.807) is 46.9 Å². The lowest BCUT2D eigenvalue weighted by Crippen LogP contribution is -2.49. The van der Waals surface area contributed by atoms with Crippen LogP contribution in [0, 0.1) is 13.8 Å². The van der Waals surface area contributed by atoms with Crippen molar-refractivity contribution >= 4 is 23.6 Å². The van der Waals surface area contributed by atoms with Gasteiger partial charge in [-0.2, -0.15) is 0 Å². The summed E-state index contributed by atoms with van der Waals surface area (Å²) in [6.07, 6.45) is -0.692. The summed E-state index contributed by atoms with van der Waals surface area (Å²) in [6, 6.07) is 13.1. The Kier molecular flexibility index (Phi) is 8.02. The molecule has 2 unspecified atom stereocenters. The molecule has 0 spiro atoms. The van der Waals surface area contributed by atoms with Crippen LogP contribution >= 0.6 is 0 Å². The van der Waals surface area contributed by atoms with E-state index in [1.165, 1.54) is 4.90 Å². The molecular weight excluding hydrogens is 406 g/mol. The maximum Gasteiger partial charge on any atom is 0.408 e. The molecule has 2 aromatic rings. The molecule has 172 valence electrons. The van der Waals surface area contributed by atoms with E-state index < -0.39 is 29.7 Å². The molecule has 2 atom stereocenters. The summed E-state index contributed by atoms with van der Waals surface area (Å²) in [5.41, 5.74) is 2.56. The summed E-state index contributed by atoms with van der Waals surface area (Å²) < 4.78 is 5.24. The number of benzene rings is 2. The second-order valence-electron chi connectivity index (χ2n) is 8.89. The van der Waals surface area contributed by atoms with Crippen LogP contribution in [0.25, 0.3) is 0 Å². The number of nitrogens with one attached hydrogen (secondary N) is 2. The molecule has 2 aromatic carbocycles. The molecule has 3 amide bonds. The predicted octanol–water partition coefficient (Wildman–Crippen LogP) is 4.35. The number of likely N-dealkylation sites (N-methyl/N-ethyl adjacent to an activating group) is 1. The average Bonchev–Trinajstić information content (AvgIpc) is 2.69. The quantitative estimate of drug-likeness (QED) is 0.700. The number of hydrogen-bond donors (Lipinski definition) is 2. The van der Waals surface area contributed by atoms with Gasteiger partial charge in [-0.3, -0.25) is 9.59 Å². The van der Waals surface area contributed by atoms with Gasteiger partial charge in [-0.25, -0.2) is 4.79 Å². The minimum absolute atomic E-state index is 0.339. The van der Waals surface area contributed by atoms with E-state index >= 15 is 0 Å². The van der Waals surface area contributed by atoms with Gasteiger partial charge in [0.15, 0.2) is 0 Å². The van der Waals surface area contributed by atoms with Gasteiger partial charge in [-0.1, -0.05) is 48.5 Å². The van der Waals surface area contributed by atoms with Crippen molar-refractivity contribution in [1.82, 2.24) is 10.2 Å². The van der Waals surface area contributed by atoms with E-state index in [2.05, 4.69) is 10.6 Å². The second-order valence-corrected chi connectivity index (χ2v) is 8.89. The summed E-state index contributed by atoms with van der Waals surface area (Å²) in [6.45, 7) is 10.6. The van der Waals surface area contributed by atoms with Crippen molar-refractivity contribution in [3.05, 3.63) is 65.2 Å². The minimum Gasteiger partial charge on any atom is -0.444 e. The molecule has 0 radical (unpaired) electrons. The number of amides is 3. The Hall–Kier alpha value is -3.35. The summed E-state index contributed by atoms with van der Waals surface area (Å²) in [7, 11) is 1.55. The number of alkyl carbamates (subject to hydrolysis) is 1. The highest BCUT2D eigenvalue weighted by Crippen LogP contribution is 2.25. The van der Waals surface area contributed by atoms with E-state index in [-0.39, 0.29) is 5.91 Å². The van der Waals surface area contributed by atoms with Gasteiger partial charge >= 0.3 is 6.09 Å². The fraction of sp³-hybridized carbons (Fsp3) is 0.400. The molecule has 0 aliphatic carbocycles. The largest absolute Gasteiger partial charge is 0.444 e. The molecule has 32 heavy (non-hydrogen) atoms. The molecule has 7 nitrogen and oxygen atoms in total. The fourth-order valence-electron chi connectivity index (χ4n) is 3.37. The van der Waals surface area contributed by atoms with Crippen LogP contribution in [0.1, 0.15) is 50.4 Å². The average molecular weight is 440 g/mol. The number of anilines is 1. The Morgan fingerprint density at radius 2 is 1.50 bits per heavy atom. The third kappa shape index (κ3) is 6.57. The summed E-state index contributed by atoms with van der Waals surface area (Å²) in [5, 5.41) is 5.52. The van der Waals surface area contributed by atoms with Gasteiger partial charge < -0.3 is 20.3 Å². The van der Waals surface area contributed by atoms with Gasteiger partial charge in [-0.15, -0.1) is 0 Å². The van der Waals surface area contributed by atoms with Crippen LogP contribution in [0.2, 0.25) is 0 Å². The zero-order valence-corrected chi connectivity index (χ0v) is 19.9. The van der Waals surface area contributed by atoms with Gasteiger partial charge in [0.05, 0.1) is 0 Å². The van der Waals surface area contributed by atoms with Crippen LogP contribution in [-0.2, 0) is 14.3 Å². The Morgan fingerprint density at radius 3 is 2.03 bits per heavy atom. The molecule has 0 saturated heterocycles. The normalized spacial score (nSPS) is 13.0. The number of carbonyl (C=O) groups is 3. The lowest BCUT2D eigenvalue weighted by molar-refractivity contribution is -0.138. The number of rotatable bonds is 6. The van der Waals surface area contributed by atoms with Crippen molar-refractivity contribution in [2.75, 3.05) is 12.4 Å². The van der Waals surface area contributed by atoms with Gasteiger partial charge in [0.25, 0.3) is 5.91 Å². The second kappa shape index (κ2) is 10.3. The molecule has 7 heteroatoms. The molecule has 0 heterocycles. The highest BCUT2D eigenvalue weighted by molar-refractivity contribution is 5.99. The third-order valence-corrected chi connectivity index (χ3v) is 4.93. The van der Waals surface area contributed by atoms with Crippen molar-refractivity contribution in [3.8, 4) is 0 Å². The number of aryl methyl sites for hydroxylation is 2. The van der Waals surface area contributed by atoms with Gasteiger partial charge in [0.2, 0.25) is 5.91 Å². The molecule has 2 rings (SSSR count). The van der Waals surface area contributed by atoms with E-state index in [0.29, 0.717) is 5.56 Å². The van der Waals surface area contributed by atoms with Gasteiger partial charge in [0, 0.05) is 12.7 Å². The molecule has 0 fully saturated rings. The minimum atomic E-state index is -0.884. The highest BCUT2D eigenvalue weighted by Gasteiger charge is 2.32. The predicted molar refractivity (Wildman–Crippen MR) is 125 cm³/mol. The molecule has 0 saturated carbocycles. The van der Waals surface area contributed by atoms with E-state index in [1.807, 2.05) is 50.2 Å². The highest BCUT2D eigenvalue weighted by atomic mass is 16.6. The van der Waals surface area contributed by atoms with E-state index in [4.69, 9.17) is 4.74 Å². The fourth-order valence-corrected chi connectivity index (χ4v) is 3.37. The molecular formula is C25H33N3O4. The topological polar surface area (TPSA) is 87.7 Å². The standard InChI is InChI=1S/C25H33N3O4/c1-16-12-11-13-17(2)20(16)27-22(29)21(19-14-9-8-10-15-19)28(7)23(30)18(3)26-24(31)32-25(4,5)6/h8-15,18,21H,1-7H3,(H,26,31)(H,27,29). The van der Waals surface area contributed by atoms with Crippen LogP contribution in [0.4, 0.5) is 10.5 Å². The Bertz CT molecular complexity index is 947. The molecule has 2 N–H and O–H groups in total. The first-order chi connectivity index (χ1) is 14.9. The lowest BCUT2D eigenvalue weighted by Gasteiger charge is -2.30. The molecule has 0 aliphatic heterocycles. The number of nitrogens with zero attached hydrogens (tertiary/aromatic N) is 1. The number of ether oxygens (including phenoxy) is 1. The van der Waals surface area contributed by atoms with Gasteiger partial charge in [-0.05, 0) is 58.2 Å². The Labute approximate surface area is 190 Å². The summed E-state index contributed by atoms with van der Waals surface area (Å²) in [5.74, 6) is -0.754. The number of hydrogen-bond acceptors (Lipinski definition) is 4. The zero-order valence-electron chi connectivity index (χ0n) is 19.9. The van der Waals surface area contributed by atoms with Crippen LogP contribution in [0.5, 0.6) is 0 Å². The molecule has 0 bridgehead atoms. The third-order valence-electron chi connectivity index (χ3n) is 4.93. The van der Waals surface area contributed by atoms with Crippen molar-refractivity contribution in [1.29, 1.82) is 0 Å². The monoisotopic (exact) mass is 439 g/mol. The van der Waals surface area contributed by atoms with Crippen LogP contribution in [-0.4, -0.2) is 41.5 Å². The van der Waals surface area contributed by atoms with Crippen molar-refractivity contribution in [3.63, 3.8) is 0 Å². The maximum absolute atomic E-state index is 13.4. The molecule has 0 aliphatic rings. The smallest absolute Gasteiger partial charge is 0.408 e. The zero-order chi connectivity index (χ0) is 24.1. The maximum atomic E-state index is 13.4. The first-order valence-corrected chi connectivity index (χ1v) is 10.6. The summed E-state index contributed by atoms with van der Waals surface area (Å²) in [4.78, 5) is 40.0. The van der Waals surface area contributed by atoms with E-state index in [9.17, 15) is 14.4 Å². The van der Waals surface area contributed by atoms with Crippen LogP contribution < -0.4 is 10.6 Å². The Balaban J connectivity index is 2.27. The Morgan fingerprint density at radius 1 is 0.938 bits per heavy atom. The van der Waals surface area contributed by atoms with Crippen molar-refractivity contribution in [2.24, 2.45) is 0 Å². The van der Waals surface area contributed by atoms with Gasteiger partial charge in [0.1, 0.15) is 17.7 Å². The lowest BCUT2D eigenvalue weighted by atomic mass is 10.0. The summed E-state index contributed by atoms with van der Waals surface area (Å²) >= 11 is 0. The molecule has 0 aromatic heterocycles. The van der Waals surface area contributed by atoms with Crippen molar-refractivity contribution < 1.29 is 19.1 Å². The SMILES string of the molecule is Cc1cccc(C)c1NC(=O)C(c1ccccc1)N(C)C(=O)C(C)NC(=O)OC(C)(C)C. The number of para-hydroxylation sites is 1. The van der Waals surface area contributed by atoms with Crippen LogP contribution in [0.3, 0.4) is 0 Å². The van der Waals surface area contributed by atoms with E-state index in [0.717, 1.165) is 16.8 Å². The first-order valence-electron chi connectivity index (χ1n) is 10.6. The van der Waals surface area contributed by atoms with Crippen LogP contribution in [0.15, 0.2) is 48.5 Å². The van der Waals surface area contributed by atoms with Crippen molar-refractivity contribution in [2.45, 2.75) is 59.2 Å².